The fraction of sp³-hybridized carbons (Fsp3) is 0.381. The Bertz CT molecular complexity index is 1130. The summed E-state index contributed by atoms with van der Waals surface area (Å²) in [5.74, 6) is -0.631. The van der Waals surface area contributed by atoms with Gasteiger partial charge in [0.15, 0.2) is 0 Å². The highest BCUT2D eigenvalue weighted by Gasteiger charge is 2.30. The maximum absolute atomic E-state index is 13.2. The zero-order chi connectivity index (χ0) is 24.2. The van der Waals surface area contributed by atoms with Crippen LogP contribution in [0.1, 0.15) is 13.3 Å². The first-order valence-electron chi connectivity index (χ1n) is 10.3. The van der Waals surface area contributed by atoms with E-state index in [4.69, 9.17) is 4.74 Å². The number of rotatable bonds is 7. The van der Waals surface area contributed by atoms with Gasteiger partial charge in [0.05, 0.1) is 28.7 Å². The largest absolute Gasteiger partial charge is 0.495 e. The minimum absolute atomic E-state index is 0.0147. The molecule has 1 amide bonds. The number of hydrogen-bond donors (Lipinski definition) is 1. The van der Waals surface area contributed by atoms with Crippen LogP contribution in [-0.2, 0) is 14.8 Å². The molecule has 1 saturated heterocycles. The predicted molar refractivity (Wildman–Crippen MR) is 119 cm³/mol. The summed E-state index contributed by atoms with van der Waals surface area (Å²) in [6.45, 7) is 2.90. The summed E-state index contributed by atoms with van der Waals surface area (Å²) < 4.78 is 45.5. The summed E-state index contributed by atoms with van der Waals surface area (Å²) in [7, 11) is -2.39. The average Bonchev–Trinajstić information content (AvgIpc) is 3.05. The third-order valence-corrected chi connectivity index (χ3v) is 7.43. The van der Waals surface area contributed by atoms with Crippen molar-refractivity contribution in [3.8, 4) is 5.75 Å². The van der Waals surface area contributed by atoms with E-state index in [1.807, 2.05) is 4.90 Å². The Morgan fingerprint density at radius 1 is 1.15 bits per heavy atom. The van der Waals surface area contributed by atoms with E-state index in [-0.39, 0.29) is 35.1 Å². The second kappa shape index (κ2) is 10.2. The molecule has 1 unspecified atom stereocenters. The lowest BCUT2D eigenvalue weighted by Gasteiger charge is -2.27. The summed E-state index contributed by atoms with van der Waals surface area (Å²) >= 11 is 0. The number of methoxy groups -OCH3 is 1. The van der Waals surface area contributed by atoms with Crippen LogP contribution in [0, 0.1) is 15.9 Å². The van der Waals surface area contributed by atoms with Gasteiger partial charge in [-0.25, -0.2) is 12.8 Å². The maximum Gasteiger partial charge on any atom is 0.271 e. The van der Waals surface area contributed by atoms with Gasteiger partial charge in [0.1, 0.15) is 11.6 Å². The Morgan fingerprint density at radius 2 is 1.85 bits per heavy atom. The molecule has 12 heteroatoms. The number of ether oxygens (including phenoxy) is 1. The van der Waals surface area contributed by atoms with Crippen molar-refractivity contribution in [3.05, 3.63) is 58.4 Å². The van der Waals surface area contributed by atoms with Gasteiger partial charge in [0.25, 0.3) is 5.69 Å². The highest BCUT2D eigenvalue weighted by atomic mass is 32.2. The number of halogens is 1. The lowest BCUT2D eigenvalue weighted by atomic mass is 10.2. The van der Waals surface area contributed by atoms with Crippen molar-refractivity contribution >= 4 is 27.3 Å². The third kappa shape index (κ3) is 5.64. The van der Waals surface area contributed by atoms with Crippen molar-refractivity contribution < 1.29 is 27.3 Å². The quantitative estimate of drug-likeness (QED) is 0.477. The van der Waals surface area contributed by atoms with Crippen molar-refractivity contribution in [2.45, 2.75) is 24.3 Å². The molecular weight excluding hydrogens is 455 g/mol. The molecule has 33 heavy (non-hydrogen) atoms. The van der Waals surface area contributed by atoms with Crippen molar-refractivity contribution in [3.63, 3.8) is 0 Å². The van der Waals surface area contributed by atoms with Crippen molar-refractivity contribution in [1.82, 2.24) is 9.21 Å². The number of benzene rings is 2. The number of hydrogen-bond acceptors (Lipinski definition) is 7. The average molecular weight is 481 g/mol. The van der Waals surface area contributed by atoms with E-state index in [1.165, 1.54) is 41.7 Å². The molecule has 0 saturated carbocycles. The van der Waals surface area contributed by atoms with Crippen molar-refractivity contribution in [2.24, 2.45) is 0 Å². The summed E-state index contributed by atoms with van der Waals surface area (Å²) in [5, 5.41) is 13.7. The number of amides is 1. The number of carbonyl (C=O) groups excluding carboxylic acids is 1. The van der Waals surface area contributed by atoms with Crippen LogP contribution in [0.25, 0.3) is 0 Å². The molecule has 2 aromatic rings. The molecule has 0 radical (unpaired) electrons. The van der Waals surface area contributed by atoms with E-state index in [1.54, 1.807) is 6.92 Å². The van der Waals surface area contributed by atoms with E-state index in [0.717, 1.165) is 12.1 Å². The number of anilines is 1. The summed E-state index contributed by atoms with van der Waals surface area (Å²) in [4.78, 5) is 25.2. The van der Waals surface area contributed by atoms with Gasteiger partial charge in [0.2, 0.25) is 15.9 Å². The van der Waals surface area contributed by atoms with E-state index in [2.05, 4.69) is 5.32 Å². The molecule has 1 fully saturated rings. The summed E-state index contributed by atoms with van der Waals surface area (Å²) in [6, 6.07) is 7.96. The highest BCUT2D eigenvalue weighted by molar-refractivity contribution is 7.89. The van der Waals surface area contributed by atoms with E-state index in [0.29, 0.717) is 19.5 Å². The summed E-state index contributed by atoms with van der Waals surface area (Å²) in [5.41, 5.74) is -0.00551. The molecule has 2 aromatic carbocycles. The van der Waals surface area contributed by atoms with Crippen LogP contribution < -0.4 is 10.1 Å². The van der Waals surface area contributed by atoms with Gasteiger partial charge in [0, 0.05) is 38.3 Å². The third-order valence-electron chi connectivity index (χ3n) is 5.52. The molecule has 0 bridgehead atoms. The van der Waals surface area contributed by atoms with Crippen LogP contribution in [0.2, 0.25) is 0 Å². The normalized spacial score (nSPS) is 16.6. The Hall–Kier alpha value is -3.09. The maximum atomic E-state index is 13.2. The zero-order valence-corrected chi connectivity index (χ0v) is 19.0. The van der Waals surface area contributed by atoms with E-state index in [9.17, 15) is 27.7 Å². The van der Waals surface area contributed by atoms with Crippen molar-refractivity contribution in [2.75, 3.05) is 38.6 Å². The van der Waals surface area contributed by atoms with Gasteiger partial charge in [-0.3, -0.25) is 19.8 Å². The minimum atomic E-state index is -3.78. The SMILES string of the molecule is COc1ccc([N+](=O)[O-])cc1NC(=O)C(C)N1CCCN(S(=O)(=O)c2ccc(F)cc2)CC1. The molecule has 0 aromatic heterocycles. The lowest BCUT2D eigenvalue weighted by molar-refractivity contribution is -0.384. The lowest BCUT2D eigenvalue weighted by Crippen LogP contribution is -2.44. The smallest absolute Gasteiger partial charge is 0.271 e. The topological polar surface area (TPSA) is 122 Å². The Morgan fingerprint density at radius 3 is 2.48 bits per heavy atom. The van der Waals surface area contributed by atoms with Gasteiger partial charge in [-0.15, -0.1) is 0 Å². The first-order chi connectivity index (χ1) is 15.6. The Kier molecular flexibility index (Phi) is 7.61. The molecule has 0 spiro atoms. The fourth-order valence-electron chi connectivity index (χ4n) is 3.61. The summed E-state index contributed by atoms with van der Waals surface area (Å²) in [6.07, 6.45) is 0.498. The Balaban J connectivity index is 1.69. The second-order valence-electron chi connectivity index (χ2n) is 7.55. The van der Waals surface area contributed by atoms with Crippen LogP contribution in [0.4, 0.5) is 15.8 Å². The molecule has 1 aliphatic heterocycles. The molecule has 178 valence electrons. The van der Waals surface area contributed by atoms with Gasteiger partial charge in [-0.2, -0.15) is 4.31 Å². The van der Waals surface area contributed by atoms with Gasteiger partial charge in [-0.1, -0.05) is 0 Å². The van der Waals surface area contributed by atoms with Crippen molar-refractivity contribution in [1.29, 1.82) is 0 Å². The first-order valence-corrected chi connectivity index (χ1v) is 11.7. The van der Waals surface area contributed by atoms with Gasteiger partial charge >= 0.3 is 0 Å². The first kappa shape index (κ1) is 24.6. The van der Waals surface area contributed by atoms with Crippen LogP contribution >= 0.6 is 0 Å². The number of nitrogens with one attached hydrogen (secondary N) is 1. The van der Waals surface area contributed by atoms with Crippen LogP contribution in [0.5, 0.6) is 5.75 Å². The standard InChI is InChI=1S/C21H25FN4O6S/c1-15(21(27)23-19-14-17(26(28)29)6-9-20(19)32-2)24-10-3-11-25(13-12-24)33(30,31)18-7-4-16(22)5-8-18/h4-9,14-15H,3,10-13H2,1-2H3,(H,23,27). The van der Waals surface area contributed by atoms with Crippen LogP contribution in [-0.4, -0.2) is 67.8 Å². The predicted octanol–water partition coefficient (Wildman–Crippen LogP) is 2.47. The molecule has 1 N–H and O–H groups in total. The second-order valence-corrected chi connectivity index (χ2v) is 9.49. The fourth-order valence-corrected chi connectivity index (χ4v) is 5.08. The molecule has 1 atom stereocenters. The number of carbonyl (C=O) groups is 1. The molecule has 3 rings (SSSR count). The number of nitrogens with zero attached hydrogens (tertiary/aromatic N) is 3. The Labute approximate surface area is 191 Å². The molecule has 0 aliphatic carbocycles. The van der Waals surface area contributed by atoms with Crippen LogP contribution in [0.15, 0.2) is 47.4 Å². The highest BCUT2D eigenvalue weighted by Crippen LogP contribution is 2.29. The number of nitro groups is 1. The van der Waals surface area contributed by atoms with Gasteiger partial charge < -0.3 is 10.1 Å². The number of nitro benzene ring substituents is 1. The van der Waals surface area contributed by atoms with E-state index >= 15 is 0 Å². The number of sulfonamides is 1. The molecule has 1 heterocycles. The molecule has 10 nitrogen and oxygen atoms in total. The monoisotopic (exact) mass is 480 g/mol. The van der Waals surface area contributed by atoms with Crippen LogP contribution in [0.3, 0.4) is 0 Å². The minimum Gasteiger partial charge on any atom is -0.495 e. The van der Waals surface area contributed by atoms with E-state index < -0.39 is 32.7 Å². The molecular formula is C21H25FN4O6S. The number of non-ortho nitro benzene ring substituents is 1. The zero-order valence-electron chi connectivity index (χ0n) is 18.2. The van der Waals surface area contributed by atoms with Gasteiger partial charge in [-0.05, 0) is 43.7 Å². The molecule has 1 aliphatic rings.